The van der Waals surface area contributed by atoms with Crippen molar-refractivity contribution in [1.82, 2.24) is 4.98 Å². The first kappa shape index (κ1) is 12.2. The molecule has 2 rings (SSSR count). The van der Waals surface area contributed by atoms with Crippen LogP contribution in [0.3, 0.4) is 0 Å². The monoisotopic (exact) mass is 268 g/mol. The van der Waals surface area contributed by atoms with Crippen LogP contribution in [-0.4, -0.2) is 11.6 Å². The van der Waals surface area contributed by atoms with Gasteiger partial charge in [-0.1, -0.05) is 11.6 Å². The fraction of sp³-hybridized carbons (Fsp3) is 0.250. The number of ether oxygens (including phenoxy) is 1. The van der Waals surface area contributed by atoms with Crippen molar-refractivity contribution in [3.63, 3.8) is 0 Å². The average Bonchev–Trinajstić information content (AvgIpc) is 2.70. The van der Waals surface area contributed by atoms with Crippen LogP contribution in [0.5, 0.6) is 5.75 Å². The number of hydrogen-bond donors (Lipinski definition) is 1. The Morgan fingerprint density at radius 1 is 1.47 bits per heavy atom. The maximum Gasteiger partial charge on any atom is 0.180 e. The lowest BCUT2D eigenvalue weighted by Crippen LogP contribution is -1.95. The Labute approximate surface area is 109 Å². The van der Waals surface area contributed by atoms with Gasteiger partial charge in [-0.25, -0.2) is 4.98 Å². The number of benzene rings is 1. The zero-order valence-corrected chi connectivity index (χ0v) is 11.2. The van der Waals surface area contributed by atoms with Gasteiger partial charge in [0.25, 0.3) is 0 Å². The van der Waals surface area contributed by atoms with E-state index in [-0.39, 0.29) is 0 Å². The molecule has 0 saturated carbocycles. The van der Waals surface area contributed by atoms with E-state index >= 15 is 0 Å². The molecule has 0 spiro atoms. The van der Waals surface area contributed by atoms with Crippen LogP contribution in [0.1, 0.15) is 12.5 Å². The van der Waals surface area contributed by atoms with Crippen molar-refractivity contribution in [3.05, 3.63) is 28.1 Å². The van der Waals surface area contributed by atoms with Crippen LogP contribution in [0.2, 0.25) is 5.02 Å². The lowest BCUT2D eigenvalue weighted by Gasteiger charge is -2.10. The van der Waals surface area contributed by atoms with Crippen LogP contribution in [-0.2, 0) is 0 Å². The molecule has 0 radical (unpaired) electrons. The summed E-state index contributed by atoms with van der Waals surface area (Å²) >= 11 is 7.54. The second-order valence-corrected chi connectivity index (χ2v) is 4.90. The van der Waals surface area contributed by atoms with Gasteiger partial charge < -0.3 is 10.5 Å². The molecule has 90 valence electrons. The molecule has 2 N–H and O–H groups in total. The molecule has 3 nitrogen and oxygen atoms in total. The van der Waals surface area contributed by atoms with E-state index in [0.29, 0.717) is 16.8 Å². The van der Waals surface area contributed by atoms with Crippen molar-refractivity contribution in [3.8, 4) is 17.0 Å². The van der Waals surface area contributed by atoms with Crippen LogP contribution in [0.15, 0.2) is 17.5 Å². The highest BCUT2D eigenvalue weighted by Gasteiger charge is 2.12. The number of nitrogen functional groups attached to an aromatic ring is 1. The second kappa shape index (κ2) is 4.94. The van der Waals surface area contributed by atoms with Crippen molar-refractivity contribution in [2.24, 2.45) is 0 Å². The third-order valence-electron chi connectivity index (χ3n) is 2.36. The Kier molecular flexibility index (Phi) is 3.54. The highest BCUT2D eigenvalue weighted by Crippen LogP contribution is 2.35. The lowest BCUT2D eigenvalue weighted by atomic mass is 10.1. The van der Waals surface area contributed by atoms with Crippen molar-refractivity contribution in [2.75, 3.05) is 12.3 Å². The second-order valence-electron chi connectivity index (χ2n) is 3.60. The highest BCUT2D eigenvalue weighted by atomic mass is 35.5. The standard InChI is InChI=1S/C12H13ClN2OS/c1-3-16-11-4-7(2)9(13)5-8(11)10-6-17-12(14)15-10/h4-6H,3H2,1-2H3,(H2,14,15). The summed E-state index contributed by atoms with van der Waals surface area (Å²) in [6.07, 6.45) is 0. The van der Waals surface area contributed by atoms with Crippen molar-refractivity contribution >= 4 is 28.1 Å². The van der Waals surface area contributed by atoms with Gasteiger partial charge in [0.15, 0.2) is 5.13 Å². The highest BCUT2D eigenvalue weighted by molar-refractivity contribution is 7.13. The Hall–Kier alpha value is -1.26. The van der Waals surface area contributed by atoms with Gasteiger partial charge in [0.05, 0.1) is 12.3 Å². The lowest BCUT2D eigenvalue weighted by molar-refractivity contribution is 0.341. The molecule has 1 aromatic heterocycles. The SMILES string of the molecule is CCOc1cc(C)c(Cl)cc1-c1csc(N)n1. The van der Waals surface area contributed by atoms with Crippen LogP contribution >= 0.6 is 22.9 Å². The molecule has 2 aromatic rings. The normalized spacial score (nSPS) is 10.5. The predicted molar refractivity (Wildman–Crippen MR) is 72.9 cm³/mol. The van der Waals surface area contributed by atoms with Gasteiger partial charge in [-0.2, -0.15) is 0 Å². The Morgan fingerprint density at radius 2 is 2.24 bits per heavy atom. The van der Waals surface area contributed by atoms with E-state index in [1.807, 2.05) is 31.4 Å². The largest absolute Gasteiger partial charge is 0.493 e. The Balaban J connectivity index is 2.54. The first-order valence-electron chi connectivity index (χ1n) is 5.26. The first-order chi connectivity index (χ1) is 8.11. The fourth-order valence-corrected chi connectivity index (χ4v) is 2.27. The maximum atomic E-state index is 6.13. The minimum atomic E-state index is 0.541. The van der Waals surface area contributed by atoms with Gasteiger partial charge in [0.1, 0.15) is 5.75 Å². The molecule has 0 atom stereocenters. The van der Waals surface area contributed by atoms with E-state index in [0.717, 1.165) is 22.6 Å². The smallest absolute Gasteiger partial charge is 0.180 e. The van der Waals surface area contributed by atoms with Crippen molar-refractivity contribution < 1.29 is 4.74 Å². The van der Waals surface area contributed by atoms with Crippen LogP contribution in [0, 0.1) is 6.92 Å². The summed E-state index contributed by atoms with van der Waals surface area (Å²) in [6, 6.07) is 3.80. The van der Waals surface area contributed by atoms with Crippen LogP contribution in [0.4, 0.5) is 5.13 Å². The van der Waals surface area contributed by atoms with Gasteiger partial charge in [-0.15, -0.1) is 11.3 Å². The molecule has 0 bridgehead atoms. The molecular formula is C12H13ClN2OS. The summed E-state index contributed by atoms with van der Waals surface area (Å²) in [5.41, 5.74) is 8.32. The molecule has 1 heterocycles. The molecule has 0 aliphatic rings. The molecule has 0 unspecified atom stereocenters. The number of rotatable bonds is 3. The number of thiazole rings is 1. The Morgan fingerprint density at radius 3 is 2.82 bits per heavy atom. The summed E-state index contributed by atoms with van der Waals surface area (Å²) in [6.45, 7) is 4.50. The molecule has 17 heavy (non-hydrogen) atoms. The predicted octanol–water partition coefficient (Wildman–Crippen LogP) is 3.75. The zero-order valence-electron chi connectivity index (χ0n) is 9.66. The van der Waals surface area contributed by atoms with Gasteiger partial charge >= 0.3 is 0 Å². The third-order valence-corrected chi connectivity index (χ3v) is 3.44. The van der Waals surface area contributed by atoms with E-state index in [2.05, 4.69) is 4.98 Å². The quantitative estimate of drug-likeness (QED) is 0.922. The van der Waals surface area contributed by atoms with Gasteiger partial charge in [0.2, 0.25) is 0 Å². The number of aromatic nitrogens is 1. The number of halogens is 1. The van der Waals surface area contributed by atoms with E-state index in [1.54, 1.807) is 0 Å². The molecule has 1 aromatic carbocycles. The summed E-state index contributed by atoms with van der Waals surface area (Å²) in [5.74, 6) is 0.791. The van der Waals surface area contributed by atoms with E-state index in [1.165, 1.54) is 11.3 Å². The van der Waals surface area contributed by atoms with Gasteiger partial charge in [-0.05, 0) is 31.5 Å². The van der Waals surface area contributed by atoms with Gasteiger partial charge in [0, 0.05) is 16.0 Å². The minimum absolute atomic E-state index is 0.541. The number of hydrogen-bond acceptors (Lipinski definition) is 4. The Bertz CT molecular complexity index is 539. The van der Waals surface area contributed by atoms with Crippen LogP contribution in [0.25, 0.3) is 11.3 Å². The van der Waals surface area contributed by atoms with Crippen molar-refractivity contribution in [2.45, 2.75) is 13.8 Å². The summed E-state index contributed by atoms with van der Waals surface area (Å²) in [5, 5.41) is 3.15. The third kappa shape index (κ3) is 2.53. The minimum Gasteiger partial charge on any atom is -0.493 e. The van der Waals surface area contributed by atoms with Crippen LogP contribution < -0.4 is 10.5 Å². The summed E-state index contributed by atoms with van der Waals surface area (Å²) in [7, 11) is 0. The maximum absolute atomic E-state index is 6.13. The fourth-order valence-electron chi connectivity index (χ4n) is 1.54. The summed E-state index contributed by atoms with van der Waals surface area (Å²) in [4.78, 5) is 4.25. The molecule has 0 aliphatic carbocycles. The number of nitrogens with two attached hydrogens (primary N) is 1. The summed E-state index contributed by atoms with van der Waals surface area (Å²) < 4.78 is 5.60. The topological polar surface area (TPSA) is 48.1 Å². The molecule has 0 saturated heterocycles. The zero-order chi connectivity index (χ0) is 12.4. The number of nitrogens with zero attached hydrogens (tertiary/aromatic N) is 1. The first-order valence-corrected chi connectivity index (χ1v) is 6.52. The molecular weight excluding hydrogens is 256 g/mol. The number of anilines is 1. The van der Waals surface area contributed by atoms with E-state index < -0.39 is 0 Å². The van der Waals surface area contributed by atoms with Gasteiger partial charge in [-0.3, -0.25) is 0 Å². The molecule has 0 fully saturated rings. The van der Waals surface area contributed by atoms with E-state index in [4.69, 9.17) is 22.1 Å². The average molecular weight is 269 g/mol. The molecule has 0 aliphatic heterocycles. The van der Waals surface area contributed by atoms with Crippen molar-refractivity contribution in [1.29, 1.82) is 0 Å². The number of aryl methyl sites for hydroxylation is 1. The van der Waals surface area contributed by atoms with E-state index in [9.17, 15) is 0 Å². The molecule has 5 heteroatoms. The molecule has 0 amide bonds.